The molecule has 110 valence electrons. The number of benzene rings is 2. The van der Waals surface area contributed by atoms with Crippen molar-refractivity contribution in [2.45, 2.75) is 13.0 Å². The number of non-ortho nitro benzene ring substituents is 1. The van der Waals surface area contributed by atoms with Crippen LogP contribution in [0.15, 0.2) is 40.9 Å². The zero-order valence-electron chi connectivity index (χ0n) is 11.0. The lowest BCUT2D eigenvalue weighted by atomic mass is 10.1. The molecule has 1 atom stereocenters. The highest BCUT2D eigenvalue weighted by Gasteiger charge is 2.14. The number of nitro groups is 1. The number of hydrogen-bond donors (Lipinski definition) is 2. The van der Waals surface area contributed by atoms with Gasteiger partial charge in [-0.25, -0.2) is 4.39 Å². The van der Waals surface area contributed by atoms with Crippen molar-refractivity contribution >= 4 is 27.3 Å². The first-order valence-electron chi connectivity index (χ1n) is 6.07. The van der Waals surface area contributed by atoms with E-state index in [2.05, 4.69) is 21.2 Å². The first kappa shape index (κ1) is 15.2. The lowest BCUT2D eigenvalue weighted by Crippen LogP contribution is -2.09. The Labute approximate surface area is 128 Å². The number of nitro benzene ring substituents is 1. The van der Waals surface area contributed by atoms with E-state index in [0.717, 1.165) is 6.07 Å². The van der Waals surface area contributed by atoms with Crippen LogP contribution in [0.25, 0.3) is 0 Å². The molecule has 0 aliphatic carbocycles. The zero-order chi connectivity index (χ0) is 15.6. The number of hydrogen-bond acceptors (Lipinski definition) is 4. The molecule has 7 heteroatoms. The van der Waals surface area contributed by atoms with Crippen molar-refractivity contribution in [2.75, 3.05) is 5.32 Å². The molecule has 21 heavy (non-hydrogen) atoms. The lowest BCUT2D eigenvalue weighted by Gasteiger charge is -2.17. The molecular formula is C14H12BrFN2O3. The quantitative estimate of drug-likeness (QED) is 0.631. The number of aromatic hydroxyl groups is 1. The van der Waals surface area contributed by atoms with Crippen LogP contribution < -0.4 is 5.32 Å². The van der Waals surface area contributed by atoms with Gasteiger partial charge in [-0.15, -0.1) is 0 Å². The van der Waals surface area contributed by atoms with Gasteiger partial charge < -0.3 is 10.4 Å². The standard InChI is InChI=1S/C14H12BrFN2O3/c1-8(11-4-3-10(19)7-13(11)16)17-14-5-2-9(18(20)21)6-12(14)15/h2-8,17,19H,1H3. The zero-order valence-corrected chi connectivity index (χ0v) is 12.6. The third-order valence-corrected chi connectivity index (χ3v) is 3.64. The van der Waals surface area contributed by atoms with Crippen LogP contribution >= 0.6 is 15.9 Å². The van der Waals surface area contributed by atoms with Gasteiger partial charge in [-0.2, -0.15) is 0 Å². The van der Waals surface area contributed by atoms with E-state index in [0.29, 0.717) is 15.7 Å². The minimum absolute atomic E-state index is 0.0316. The van der Waals surface area contributed by atoms with Gasteiger partial charge in [-0.3, -0.25) is 10.1 Å². The Balaban J connectivity index is 2.23. The Hall–Kier alpha value is -2.15. The fourth-order valence-corrected chi connectivity index (χ4v) is 2.39. The van der Waals surface area contributed by atoms with E-state index in [1.807, 2.05) is 0 Å². The van der Waals surface area contributed by atoms with E-state index < -0.39 is 10.7 Å². The van der Waals surface area contributed by atoms with Gasteiger partial charge in [0.2, 0.25) is 0 Å². The summed E-state index contributed by atoms with van der Waals surface area (Å²) in [5, 5.41) is 22.9. The third-order valence-electron chi connectivity index (χ3n) is 2.99. The molecule has 2 rings (SSSR count). The number of halogens is 2. The first-order chi connectivity index (χ1) is 9.88. The van der Waals surface area contributed by atoms with Crippen molar-refractivity contribution in [1.82, 2.24) is 0 Å². The summed E-state index contributed by atoms with van der Waals surface area (Å²) in [6.45, 7) is 1.75. The minimum Gasteiger partial charge on any atom is -0.508 e. The smallest absolute Gasteiger partial charge is 0.270 e. The Kier molecular flexibility index (Phi) is 4.42. The number of nitrogens with one attached hydrogen (secondary N) is 1. The molecule has 5 nitrogen and oxygen atoms in total. The van der Waals surface area contributed by atoms with Crippen molar-refractivity contribution in [2.24, 2.45) is 0 Å². The molecule has 0 fully saturated rings. The van der Waals surface area contributed by atoms with Crippen LogP contribution in [0.2, 0.25) is 0 Å². The first-order valence-corrected chi connectivity index (χ1v) is 6.86. The van der Waals surface area contributed by atoms with E-state index in [4.69, 9.17) is 0 Å². The summed E-state index contributed by atoms with van der Waals surface area (Å²) in [6, 6.07) is 7.86. The predicted molar refractivity (Wildman–Crippen MR) is 80.9 cm³/mol. The van der Waals surface area contributed by atoms with E-state index >= 15 is 0 Å². The Morgan fingerprint density at radius 1 is 1.33 bits per heavy atom. The van der Waals surface area contributed by atoms with Gasteiger partial charge in [0.15, 0.2) is 0 Å². The van der Waals surface area contributed by atoms with E-state index in [-0.39, 0.29) is 17.5 Å². The average Bonchev–Trinajstić information content (AvgIpc) is 2.40. The van der Waals surface area contributed by atoms with Crippen LogP contribution in [0.1, 0.15) is 18.5 Å². The summed E-state index contributed by atoms with van der Waals surface area (Å²) in [5.74, 6) is -0.659. The molecule has 0 aromatic heterocycles. The van der Waals surface area contributed by atoms with E-state index in [1.54, 1.807) is 13.0 Å². The van der Waals surface area contributed by atoms with Crippen LogP contribution in [0.4, 0.5) is 15.8 Å². The van der Waals surface area contributed by atoms with Gasteiger partial charge >= 0.3 is 0 Å². The molecule has 2 aromatic rings. The van der Waals surface area contributed by atoms with Crippen LogP contribution in [-0.2, 0) is 0 Å². The molecule has 0 heterocycles. The van der Waals surface area contributed by atoms with Gasteiger partial charge in [0, 0.05) is 33.9 Å². The highest BCUT2D eigenvalue weighted by Crippen LogP contribution is 2.31. The predicted octanol–water partition coefficient (Wildman–Crippen LogP) is 4.38. The summed E-state index contributed by atoms with van der Waals surface area (Å²) in [7, 11) is 0. The number of phenols is 1. The second-order valence-electron chi connectivity index (χ2n) is 4.49. The maximum Gasteiger partial charge on any atom is 0.270 e. The fraction of sp³-hybridized carbons (Fsp3) is 0.143. The molecule has 0 spiro atoms. The molecule has 0 aliphatic heterocycles. The van der Waals surface area contributed by atoms with Crippen molar-refractivity contribution in [3.05, 3.63) is 62.4 Å². The van der Waals surface area contributed by atoms with Gasteiger partial charge in [0.1, 0.15) is 11.6 Å². The second-order valence-corrected chi connectivity index (χ2v) is 5.35. The highest BCUT2D eigenvalue weighted by atomic mass is 79.9. The summed E-state index contributed by atoms with van der Waals surface area (Å²) in [6.07, 6.45) is 0. The summed E-state index contributed by atoms with van der Waals surface area (Å²) >= 11 is 3.25. The minimum atomic E-state index is -0.520. The highest BCUT2D eigenvalue weighted by molar-refractivity contribution is 9.10. The van der Waals surface area contributed by atoms with Crippen LogP contribution in [0, 0.1) is 15.9 Å². The van der Waals surface area contributed by atoms with Crippen molar-refractivity contribution in [3.8, 4) is 5.75 Å². The van der Waals surface area contributed by atoms with Gasteiger partial charge in [0.25, 0.3) is 5.69 Å². The van der Waals surface area contributed by atoms with Gasteiger partial charge in [-0.1, -0.05) is 6.07 Å². The molecule has 2 N–H and O–H groups in total. The van der Waals surface area contributed by atoms with Gasteiger partial charge in [0.05, 0.1) is 11.0 Å². The van der Waals surface area contributed by atoms with Crippen molar-refractivity contribution in [3.63, 3.8) is 0 Å². The normalized spacial score (nSPS) is 12.0. The summed E-state index contributed by atoms with van der Waals surface area (Å²) < 4.78 is 14.3. The summed E-state index contributed by atoms with van der Waals surface area (Å²) in [4.78, 5) is 10.2. The molecular weight excluding hydrogens is 343 g/mol. The maximum atomic E-state index is 13.8. The monoisotopic (exact) mass is 354 g/mol. The Bertz CT molecular complexity index is 694. The second kappa shape index (κ2) is 6.09. The van der Waals surface area contributed by atoms with Crippen molar-refractivity contribution in [1.29, 1.82) is 0 Å². The molecule has 0 aliphatic rings. The number of nitrogens with zero attached hydrogens (tertiary/aromatic N) is 1. The molecule has 0 bridgehead atoms. The molecule has 2 aromatic carbocycles. The Morgan fingerprint density at radius 3 is 2.62 bits per heavy atom. The van der Waals surface area contributed by atoms with Crippen LogP contribution in [0.5, 0.6) is 5.75 Å². The largest absolute Gasteiger partial charge is 0.508 e. The SMILES string of the molecule is CC(Nc1ccc([N+](=O)[O-])cc1Br)c1ccc(O)cc1F. The number of phenolic OH excluding ortho intramolecular Hbond substituents is 1. The number of rotatable bonds is 4. The average molecular weight is 355 g/mol. The molecule has 0 saturated carbocycles. The molecule has 0 saturated heterocycles. The van der Waals surface area contributed by atoms with Crippen molar-refractivity contribution < 1.29 is 14.4 Å². The third kappa shape index (κ3) is 3.49. The van der Waals surface area contributed by atoms with E-state index in [9.17, 15) is 19.6 Å². The van der Waals surface area contributed by atoms with Crippen LogP contribution in [-0.4, -0.2) is 10.0 Å². The molecule has 0 amide bonds. The fourth-order valence-electron chi connectivity index (χ4n) is 1.91. The topological polar surface area (TPSA) is 75.4 Å². The Morgan fingerprint density at radius 2 is 2.05 bits per heavy atom. The van der Waals surface area contributed by atoms with E-state index in [1.165, 1.54) is 24.3 Å². The molecule has 1 unspecified atom stereocenters. The van der Waals surface area contributed by atoms with Crippen LogP contribution in [0.3, 0.4) is 0 Å². The lowest BCUT2D eigenvalue weighted by molar-refractivity contribution is -0.384. The molecule has 0 radical (unpaired) electrons. The summed E-state index contributed by atoms with van der Waals surface area (Å²) in [5.41, 5.74) is 0.967. The van der Waals surface area contributed by atoms with Gasteiger partial charge in [-0.05, 0) is 35.0 Å². The maximum absolute atomic E-state index is 13.8. The number of anilines is 1.